The van der Waals surface area contributed by atoms with E-state index in [1.807, 2.05) is 38.5 Å². The molecule has 126 valence electrons. The van der Waals surface area contributed by atoms with E-state index in [-0.39, 0.29) is 19.3 Å². The number of rotatable bonds is 8. The summed E-state index contributed by atoms with van der Waals surface area (Å²) in [5.74, 6) is 0.430. The molecule has 0 amide bonds. The second-order valence-electron chi connectivity index (χ2n) is 6.06. The van der Waals surface area contributed by atoms with Gasteiger partial charge in [0, 0.05) is 23.6 Å². The molecule has 0 aliphatic heterocycles. The lowest BCUT2D eigenvalue weighted by Crippen LogP contribution is -2.24. The average Bonchev–Trinajstić information content (AvgIpc) is 2.88. The normalized spacial score (nSPS) is 11.4. The predicted molar refractivity (Wildman–Crippen MR) is 90.7 cm³/mol. The lowest BCUT2D eigenvalue weighted by Gasteiger charge is -2.12. The molecular weight excluding hydrogens is 294 g/mol. The molecular formula is C17H25N3O3. The minimum atomic E-state index is -0.302. The van der Waals surface area contributed by atoms with E-state index in [0.29, 0.717) is 0 Å². The summed E-state index contributed by atoms with van der Waals surface area (Å²) in [5, 5.41) is 1.05. The van der Waals surface area contributed by atoms with Crippen molar-refractivity contribution in [3.63, 3.8) is 0 Å². The summed E-state index contributed by atoms with van der Waals surface area (Å²) in [6.07, 6.45) is 2.94. The number of likely N-dealkylation sites (N-methyl/N-ethyl adjacent to an activating group) is 2. The topological polar surface area (TPSA) is 57.8 Å². The summed E-state index contributed by atoms with van der Waals surface area (Å²) in [6, 6.07) is 5.83. The van der Waals surface area contributed by atoms with E-state index in [0.717, 1.165) is 29.6 Å². The van der Waals surface area contributed by atoms with Crippen molar-refractivity contribution in [1.82, 2.24) is 14.8 Å². The molecule has 0 aliphatic carbocycles. The lowest BCUT2D eigenvalue weighted by molar-refractivity contribution is -0.150. The molecule has 2 aromatic rings. The zero-order valence-corrected chi connectivity index (χ0v) is 14.3. The second kappa shape index (κ2) is 7.99. The first-order valence-corrected chi connectivity index (χ1v) is 7.64. The van der Waals surface area contributed by atoms with Crippen LogP contribution in [-0.4, -0.2) is 68.8 Å². The van der Waals surface area contributed by atoms with Crippen molar-refractivity contribution in [3.05, 3.63) is 30.0 Å². The molecule has 0 spiro atoms. The Morgan fingerprint density at radius 2 is 1.96 bits per heavy atom. The van der Waals surface area contributed by atoms with Crippen molar-refractivity contribution < 1.29 is 14.3 Å². The molecule has 0 bridgehead atoms. The number of hydrogen-bond acceptors (Lipinski definition) is 5. The van der Waals surface area contributed by atoms with Gasteiger partial charge in [-0.1, -0.05) is 6.07 Å². The Morgan fingerprint density at radius 3 is 2.65 bits per heavy atom. The van der Waals surface area contributed by atoms with Crippen molar-refractivity contribution >= 4 is 16.9 Å². The maximum atomic E-state index is 11.5. The van der Waals surface area contributed by atoms with Gasteiger partial charge in [0.25, 0.3) is 0 Å². The third kappa shape index (κ3) is 4.97. The highest BCUT2D eigenvalue weighted by atomic mass is 16.7. The summed E-state index contributed by atoms with van der Waals surface area (Å²) in [6.45, 7) is 1.12. The molecule has 23 heavy (non-hydrogen) atoms. The van der Waals surface area contributed by atoms with E-state index in [1.165, 1.54) is 5.56 Å². The Labute approximate surface area is 137 Å². The standard InChI is InChI=1S/C17H25N3O3/c1-19(2)9-8-13-10-18-14-6-5-7-15(17(13)14)22-12-23-16(21)11-20(3)4/h5-7,10,18H,8-9,11-12H2,1-4H3. The van der Waals surface area contributed by atoms with Crippen molar-refractivity contribution in [3.8, 4) is 5.75 Å². The number of aromatic amines is 1. The van der Waals surface area contributed by atoms with Gasteiger partial charge in [-0.25, -0.2) is 0 Å². The number of benzene rings is 1. The van der Waals surface area contributed by atoms with Gasteiger partial charge >= 0.3 is 5.97 Å². The van der Waals surface area contributed by atoms with Crippen LogP contribution in [0.4, 0.5) is 0 Å². The summed E-state index contributed by atoms with van der Waals surface area (Å²) in [5.41, 5.74) is 2.22. The molecule has 1 heterocycles. The third-order valence-electron chi connectivity index (χ3n) is 3.46. The van der Waals surface area contributed by atoms with Crippen LogP contribution in [0.15, 0.2) is 24.4 Å². The number of nitrogens with one attached hydrogen (secondary N) is 1. The van der Waals surface area contributed by atoms with Gasteiger partial charge in [0.15, 0.2) is 0 Å². The highest BCUT2D eigenvalue weighted by molar-refractivity contribution is 5.89. The monoisotopic (exact) mass is 319 g/mol. The van der Waals surface area contributed by atoms with E-state index in [1.54, 1.807) is 4.90 Å². The molecule has 0 fully saturated rings. The second-order valence-corrected chi connectivity index (χ2v) is 6.06. The van der Waals surface area contributed by atoms with Crippen molar-refractivity contribution in [1.29, 1.82) is 0 Å². The molecule has 0 saturated heterocycles. The summed E-state index contributed by atoms with van der Waals surface area (Å²) >= 11 is 0. The van der Waals surface area contributed by atoms with Crippen LogP contribution in [0, 0.1) is 0 Å². The van der Waals surface area contributed by atoms with Crippen LogP contribution in [0.5, 0.6) is 5.75 Å². The van der Waals surface area contributed by atoms with Gasteiger partial charge in [-0.05, 0) is 52.3 Å². The SMILES string of the molecule is CN(C)CCc1c[nH]c2cccc(OCOC(=O)CN(C)C)c12. The summed E-state index contributed by atoms with van der Waals surface area (Å²) < 4.78 is 10.8. The smallest absolute Gasteiger partial charge is 0.322 e. The third-order valence-corrected chi connectivity index (χ3v) is 3.46. The van der Waals surface area contributed by atoms with E-state index < -0.39 is 0 Å². The zero-order chi connectivity index (χ0) is 16.8. The van der Waals surface area contributed by atoms with Crippen molar-refractivity contribution in [2.45, 2.75) is 6.42 Å². The number of fused-ring (bicyclic) bond motifs is 1. The lowest BCUT2D eigenvalue weighted by atomic mass is 10.1. The molecule has 0 saturated carbocycles. The summed E-state index contributed by atoms with van der Waals surface area (Å²) in [4.78, 5) is 18.7. The van der Waals surface area contributed by atoms with Gasteiger partial charge in [0.05, 0.1) is 6.54 Å². The van der Waals surface area contributed by atoms with Gasteiger partial charge in [-0.3, -0.25) is 9.69 Å². The quantitative estimate of drug-likeness (QED) is 0.593. The molecule has 0 aliphatic rings. The molecule has 6 nitrogen and oxygen atoms in total. The predicted octanol–water partition coefficient (Wildman–Crippen LogP) is 1.71. The highest BCUT2D eigenvalue weighted by Crippen LogP contribution is 2.29. The number of carbonyl (C=O) groups excluding carboxylic acids is 1. The number of carbonyl (C=O) groups is 1. The van der Waals surface area contributed by atoms with E-state index in [9.17, 15) is 4.79 Å². The van der Waals surface area contributed by atoms with Crippen LogP contribution in [0.25, 0.3) is 10.9 Å². The molecule has 1 aromatic carbocycles. The van der Waals surface area contributed by atoms with E-state index in [2.05, 4.69) is 24.0 Å². The van der Waals surface area contributed by atoms with Gasteiger partial charge in [0.1, 0.15) is 5.75 Å². The van der Waals surface area contributed by atoms with Crippen LogP contribution < -0.4 is 4.74 Å². The van der Waals surface area contributed by atoms with Crippen molar-refractivity contribution in [2.24, 2.45) is 0 Å². The van der Waals surface area contributed by atoms with Crippen LogP contribution >= 0.6 is 0 Å². The molecule has 6 heteroatoms. The molecule has 0 radical (unpaired) electrons. The van der Waals surface area contributed by atoms with Crippen molar-refractivity contribution in [2.75, 3.05) is 48.1 Å². The number of aromatic nitrogens is 1. The summed E-state index contributed by atoms with van der Waals surface area (Å²) in [7, 11) is 7.74. The number of nitrogens with zero attached hydrogens (tertiary/aromatic N) is 2. The number of H-pyrrole nitrogens is 1. The van der Waals surface area contributed by atoms with Crippen LogP contribution in [0.2, 0.25) is 0 Å². The first-order chi connectivity index (χ1) is 11.0. The van der Waals surface area contributed by atoms with E-state index in [4.69, 9.17) is 9.47 Å². The van der Waals surface area contributed by atoms with Gasteiger partial charge < -0.3 is 19.4 Å². The highest BCUT2D eigenvalue weighted by Gasteiger charge is 2.11. The molecule has 0 atom stereocenters. The molecule has 0 unspecified atom stereocenters. The Kier molecular flexibility index (Phi) is 6.01. The minimum Gasteiger partial charge on any atom is -0.457 e. The molecule has 1 N–H and O–H groups in total. The number of esters is 1. The van der Waals surface area contributed by atoms with Crippen LogP contribution in [0.3, 0.4) is 0 Å². The minimum absolute atomic E-state index is 0.0793. The molecule has 2 rings (SSSR count). The van der Waals surface area contributed by atoms with Crippen LogP contribution in [-0.2, 0) is 16.0 Å². The Balaban J connectivity index is 2.04. The maximum Gasteiger partial charge on any atom is 0.322 e. The Hall–Kier alpha value is -2.05. The average molecular weight is 319 g/mol. The van der Waals surface area contributed by atoms with E-state index >= 15 is 0 Å². The van der Waals surface area contributed by atoms with Gasteiger partial charge in [-0.15, -0.1) is 0 Å². The van der Waals surface area contributed by atoms with Gasteiger partial charge in [-0.2, -0.15) is 0 Å². The first kappa shape index (κ1) is 17.3. The fourth-order valence-electron chi connectivity index (χ4n) is 2.34. The first-order valence-electron chi connectivity index (χ1n) is 7.64. The number of hydrogen-bond donors (Lipinski definition) is 1. The fraction of sp³-hybridized carbons (Fsp3) is 0.471. The molecule has 1 aromatic heterocycles. The van der Waals surface area contributed by atoms with Crippen LogP contribution in [0.1, 0.15) is 5.56 Å². The largest absolute Gasteiger partial charge is 0.457 e. The maximum absolute atomic E-state index is 11.5. The van der Waals surface area contributed by atoms with Gasteiger partial charge in [0.2, 0.25) is 6.79 Å². The zero-order valence-electron chi connectivity index (χ0n) is 14.3. The number of ether oxygens (including phenoxy) is 2. The Bertz CT molecular complexity index is 650. The fourth-order valence-corrected chi connectivity index (χ4v) is 2.34. The Morgan fingerprint density at radius 1 is 1.17 bits per heavy atom.